The molecule has 0 aromatic carbocycles. The lowest BCUT2D eigenvalue weighted by Crippen LogP contribution is -2.48. The third-order valence-electron chi connectivity index (χ3n) is 3.41. The summed E-state index contributed by atoms with van der Waals surface area (Å²) in [6, 6.07) is 0. The van der Waals surface area contributed by atoms with Gasteiger partial charge in [-0.15, -0.1) is 0 Å². The zero-order valence-corrected chi connectivity index (χ0v) is 12.3. The molecular formula is C13H23N5O2. The highest BCUT2D eigenvalue weighted by Gasteiger charge is 2.22. The fourth-order valence-corrected chi connectivity index (χ4v) is 2.39. The molecule has 2 rings (SSSR count). The number of nitrogens with zero attached hydrogens (tertiary/aromatic N) is 2. The van der Waals surface area contributed by atoms with Crippen molar-refractivity contribution in [1.29, 1.82) is 0 Å². The minimum absolute atomic E-state index is 0.0114. The van der Waals surface area contributed by atoms with Crippen molar-refractivity contribution < 1.29 is 9.53 Å². The molecule has 1 amide bonds. The van der Waals surface area contributed by atoms with E-state index in [0.717, 1.165) is 36.7 Å². The normalized spacial score (nSPS) is 20.1. The molecule has 2 heterocycles. The van der Waals surface area contributed by atoms with Crippen LogP contribution < -0.4 is 10.6 Å². The summed E-state index contributed by atoms with van der Waals surface area (Å²) in [7, 11) is 1.90. The number of hydrogen-bond acceptors (Lipinski definition) is 5. The van der Waals surface area contributed by atoms with Crippen molar-refractivity contribution in [3.8, 4) is 0 Å². The molecule has 0 saturated carbocycles. The van der Waals surface area contributed by atoms with E-state index in [9.17, 15) is 4.79 Å². The molecule has 112 valence electrons. The average Bonchev–Trinajstić information content (AvgIpc) is 2.71. The first kappa shape index (κ1) is 15.0. The summed E-state index contributed by atoms with van der Waals surface area (Å²) in [5.41, 5.74) is 2.48. The van der Waals surface area contributed by atoms with Gasteiger partial charge in [0, 0.05) is 19.6 Å². The number of H-pyrrole nitrogens is 1. The molecule has 1 aromatic heterocycles. The molecule has 0 bridgehead atoms. The molecule has 1 saturated heterocycles. The number of rotatable bonds is 5. The Morgan fingerprint density at radius 2 is 2.35 bits per heavy atom. The van der Waals surface area contributed by atoms with Crippen LogP contribution in [0.5, 0.6) is 0 Å². The van der Waals surface area contributed by atoms with Gasteiger partial charge in [0.2, 0.25) is 5.91 Å². The maximum Gasteiger partial charge on any atom is 0.238 e. The Morgan fingerprint density at radius 3 is 3.00 bits per heavy atom. The summed E-state index contributed by atoms with van der Waals surface area (Å²) in [6.45, 7) is 7.19. The Bertz CT molecular complexity index is 438. The average molecular weight is 281 g/mol. The third kappa shape index (κ3) is 3.78. The van der Waals surface area contributed by atoms with E-state index in [-0.39, 0.29) is 12.0 Å². The molecule has 20 heavy (non-hydrogen) atoms. The first-order valence-corrected chi connectivity index (χ1v) is 6.90. The van der Waals surface area contributed by atoms with E-state index in [1.807, 2.05) is 20.9 Å². The van der Waals surface area contributed by atoms with Gasteiger partial charge >= 0.3 is 0 Å². The molecule has 1 fully saturated rings. The number of anilines is 1. The zero-order valence-electron chi connectivity index (χ0n) is 12.3. The van der Waals surface area contributed by atoms with Crippen molar-refractivity contribution in [3.63, 3.8) is 0 Å². The van der Waals surface area contributed by atoms with Crippen LogP contribution in [-0.2, 0) is 9.53 Å². The van der Waals surface area contributed by atoms with Gasteiger partial charge in [-0.25, -0.2) is 0 Å². The van der Waals surface area contributed by atoms with Crippen LogP contribution in [0, 0.1) is 13.8 Å². The number of carbonyl (C=O) groups is 1. The summed E-state index contributed by atoms with van der Waals surface area (Å²) >= 11 is 0. The Morgan fingerprint density at radius 1 is 1.55 bits per heavy atom. The fourth-order valence-electron chi connectivity index (χ4n) is 2.39. The van der Waals surface area contributed by atoms with Crippen molar-refractivity contribution in [2.75, 3.05) is 45.2 Å². The molecule has 3 N–H and O–H groups in total. The smallest absolute Gasteiger partial charge is 0.238 e. The van der Waals surface area contributed by atoms with Crippen molar-refractivity contribution >= 4 is 11.6 Å². The van der Waals surface area contributed by atoms with Crippen LogP contribution in [0.15, 0.2) is 0 Å². The summed E-state index contributed by atoms with van der Waals surface area (Å²) in [5.74, 6) is -0.0114. The van der Waals surface area contributed by atoms with Crippen LogP contribution in [-0.4, -0.2) is 66.9 Å². The maximum atomic E-state index is 12.1. The van der Waals surface area contributed by atoms with Gasteiger partial charge in [0.25, 0.3) is 0 Å². The van der Waals surface area contributed by atoms with E-state index < -0.39 is 0 Å². The summed E-state index contributed by atoms with van der Waals surface area (Å²) in [5, 5.41) is 13.0. The molecule has 1 atom stereocenters. The number of aromatic amines is 1. The molecule has 0 spiro atoms. The van der Waals surface area contributed by atoms with Crippen LogP contribution in [0.25, 0.3) is 0 Å². The minimum Gasteiger partial charge on any atom is -0.374 e. The molecule has 1 aliphatic rings. The van der Waals surface area contributed by atoms with Crippen molar-refractivity contribution in [2.45, 2.75) is 20.0 Å². The number of likely N-dealkylation sites (N-methyl/N-ethyl adjacent to an activating group) is 1. The second-order valence-electron chi connectivity index (χ2n) is 5.14. The van der Waals surface area contributed by atoms with E-state index in [4.69, 9.17) is 4.74 Å². The topological polar surface area (TPSA) is 82.3 Å². The number of amides is 1. The first-order valence-electron chi connectivity index (χ1n) is 6.90. The van der Waals surface area contributed by atoms with Crippen LogP contribution in [0.1, 0.15) is 11.4 Å². The van der Waals surface area contributed by atoms with Gasteiger partial charge in [0.05, 0.1) is 36.3 Å². The van der Waals surface area contributed by atoms with E-state index in [1.54, 1.807) is 0 Å². The lowest BCUT2D eigenvalue weighted by atomic mass is 10.2. The van der Waals surface area contributed by atoms with E-state index in [1.165, 1.54) is 0 Å². The Labute approximate surface area is 119 Å². The molecule has 7 nitrogen and oxygen atoms in total. The third-order valence-corrected chi connectivity index (χ3v) is 3.41. The van der Waals surface area contributed by atoms with Gasteiger partial charge < -0.3 is 15.4 Å². The summed E-state index contributed by atoms with van der Waals surface area (Å²) in [4.78, 5) is 14.2. The standard InChI is InChI=1S/C13H23N5O2/c1-9-13(10(2)17-16-9)15-12(19)8-18-4-5-20-11(7-18)6-14-3/h11,14H,4-8H2,1-3H3,(H,15,19)(H,16,17). The number of hydrogen-bond donors (Lipinski definition) is 3. The lowest BCUT2D eigenvalue weighted by Gasteiger charge is -2.32. The predicted molar refractivity (Wildman–Crippen MR) is 76.8 cm³/mol. The van der Waals surface area contributed by atoms with Crippen molar-refractivity contribution in [3.05, 3.63) is 11.4 Å². The van der Waals surface area contributed by atoms with Crippen molar-refractivity contribution in [1.82, 2.24) is 20.4 Å². The number of nitrogens with one attached hydrogen (secondary N) is 3. The monoisotopic (exact) mass is 281 g/mol. The predicted octanol–water partition coefficient (Wildman–Crippen LogP) is -0.115. The highest BCUT2D eigenvalue weighted by molar-refractivity contribution is 5.93. The number of aromatic nitrogens is 2. The molecule has 1 aliphatic heterocycles. The quantitative estimate of drug-likeness (QED) is 0.701. The van der Waals surface area contributed by atoms with Gasteiger partial charge in [-0.3, -0.25) is 14.8 Å². The van der Waals surface area contributed by atoms with E-state index in [2.05, 4.69) is 25.7 Å². The molecule has 0 radical (unpaired) electrons. The Balaban J connectivity index is 1.85. The highest BCUT2D eigenvalue weighted by Crippen LogP contribution is 2.16. The van der Waals surface area contributed by atoms with E-state index >= 15 is 0 Å². The van der Waals surface area contributed by atoms with Gasteiger partial charge in [-0.05, 0) is 20.9 Å². The minimum atomic E-state index is -0.0114. The van der Waals surface area contributed by atoms with Gasteiger partial charge in [0.1, 0.15) is 0 Å². The molecule has 1 unspecified atom stereocenters. The molecule has 7 heteroatoms. The largest absolute Gasteiger partial charge is 0.374 e. The number of aryl methyl sites for hydroxylation is 2. The van der Waals surface area contributed by atoms with Crippen LogP contribution >= 0.6 is 0 Å². The number of carbonyl (C=O) groups excluding carboxylic acids is 1. The van der Waals surface area contributed by atoms with Crippen LogP contribution in [0.3, 0.4) is 0 Å². The van der Waals surface area contributed by atoms with Gasteiger partial charge in [-0.1, -0.05) is 0 Å². The highest BCUT2D eigenvalue weighted by atomic mass is 16.5. The SMILES string of the molecule is CNCC1CN(CC(=O)Nc2c(C)n[nH]c2C)CCO1. The van der Waals surface area contributed by atoms with Crippen LogP contribution in [0.4, 0.5) is 5.69 Å². The van der Waals surface area contributed by atoms with Gasteiger partial charge in [-0.2, -0.15) is 5.10 Å². The zero-order chi connectivity index (χ0) is 14.5. The first-order chi connectivity index (χ1) is 9.60. The molecule has 1 aromatic rings. The van der Waals surface area contributed by atoms with E-state index in [0.29, 0.717) is 13.2 Å². The molecular weight excluding hydrogens is 258 g/mol. The van der Waals surface area contributed by atoms with Crippen molar-refractivity contribution in [2.24, 2.45) is 0 Å². The number of morpholine rings is 1. The second-order valence-corrected chi connectivity index (χ2v) is 5.14. The lowest BCUT2D eigenvalue weighted by molar-refractivity contribution is -0.119. The fraction of sp³-hybridized carbons (Fsp3) is 0.692. The Hall–Kier alpha value is -1.44. The number of ether oxygens (including phenoxy) is 1. The summed E-state index contributed by atoms with van der Waals surface area (Å²) < 4.78 is 5.62. The van der Waals surface area contributed by atoms with Gasteiger partial charge in [0.15, 0.2) is 0 Å². The Kier molecular flexibility index (Phi) is 5.11. The van der Waals surface area contributed by atoms with Crippen LogP contribution in [0.2, 0.25) is 0 Å². The maximum absolute atomic E-state index is 12.1. The molecule has 0 aliphatic carbocycles. The second kappa shape index (κ2) is 6.83. The summed E-state index contributed by atoms with van der Waals surface area (Å²) in [6.07, 6.45) is 0.152.